The first-order chi connectivity index (χ1) is 25.3. The van der Waals surface area contributed by atoms with Crippen molar-refractivity contribution in [2.75, 3.05) is 4.90 Å². The summed E-state index contributed by atoms with van der Waals surface area (Å²) in [7, 11) is 0. The van der Waals surface area contributed by atoms with Gasteiger partial charge in [-0.25, -0.2) is 0 Å². The largest absolute Gasteiger partial charge is 0.309 e. The molecular weight excluding hydrogens is 655 g/mol. The highest BCUT2D eigenvalue weighted by molar-refractivity contribution is 7.26. The third-order valence-corrected chi connectivity index (χ3v) is 12.2. The summed E-state index contributed by atoms with van der Waals surface area (Å²) in [5.74, 6) is 0. The van der Waals surface area contributed by atoms with Crippen molar-refractivity contribution in [2.45, 2.75) is 0 Å². The summed E-state index contributed by atoms with van der Waals surface area (Å²) in [5, 5.41) is 5.12. The van der Waals surface area contributed by atoms with Gasteiger partial charge < -0.3 is 4.90 Å². The van der Waals surface area contributed by atoms with Gasteiger partial charge in [-0.05, 0) is 75.8 Å². The Morgan fingerprint density at radius 1 is 0.333 bits per heavy atom. The monoisotopic (exact) mass is 685 g/mol. The Morgan fingerprint density at radius 3 is 1.69 bits per heavy atom. The summed E-state index contributed by atoms with van der Waals surface area (Å²) in [6, 6.07) is 68.5. The van der Waals surface area contributed by atoms with Crippen LogP contribution in [0.4, 0.5) is 17.1 Å². The molecule has 8 aromatic carbocycles. The molecule has 0 radical (unpaired) electrons. The minimum absolute atomic E-state index is 1.13. The van der Waals surface area contributed by atoms with E-state index in [1.54, 1.807) is 0 Å². The highest BCUT2D eigenvalue weighted by atomic mass is 32.1. The van der Waals surface area contributed by atoms with Crippen molar-refractivity contribution < 1.29 is 0 Å². The molecule has 0 aliphatic rings. The molecule has 240 valence electrons. The van der Waals surface area contributed by atoms with Gasteiger partial charge in [0.25, 0.3) is 0 Å². The van der Waals surface area contributed by atoms with Gasteiger partial charge >= 0.3 is 0 Å². The van der Waals surface area contributed by atoms with Crippen LogP contribution in [0.1, 0.15) is 0 Å². The van der Waals surface area contributed by atoms with Gasteiger partial charge in [0, 0.05) is 46.0 Å². The first-order valence-corrected chi connectivity index (χ1v) is 18.9. The quantitative estimate of drug-likeness (QED) is 0.168. The Labute approximate surface area is 304 Å². The lowest BCUT2D eigenvalue weighted by Gasteiger charge is -2.28. The molecule has 0 saturated carbocycles. The standard InChI is InChI=1S/C48H31NS2/c1-4-14-32(15-5-1)35-20-12-21-37(30-35)49(41-23-13-25-44-46(41)40-27-26-36(31-45(40)50-44)33-16-6-2-7-17-33)42-29-28-38(34-18-8-3-9-19-34)48-47(42)39-22-10-11-24-43(39)51-48/h1-31H. The van der Waals surface area contributed by atoms with Crippen LogP contribution in [0, 0.1) is 0 Å². The van der Waals surface area contributed by atoms with E-state index in [0.717, 1.165) is 5.69 Å². The molecule has 10 aromatic rings. The Morgan fingerprint density at radius 2 is 0.922 bits per heavy atom. The van der Waals surface area contributed by atoms with Crippen LogP contribution in [-0.4, -0.2) is 0 Å². The summed E-state index contributed by atoms with van der Waals surface area (Å²) in [4.78, 5) is 2.52. The van der Waals surface area contributed by atoms with E-state index in [2.05, 4.69) is 193 Å². The van der Waals surface area contributed by atoms with E-state index >= 15 is 0 Å². The predicted octanol–water partition coefficient (Wildman–Crippen LogP) is 14.9. The van der Waals surface area contributed by atoms with Crippen LogP contribution in [0.2, 0.25) is 0 Å². The van der Waals surface area contributed by atoms with Crippen LogP contribution in [-0.2, 0) is 0 Å². The summed E-state index contributed by atoms with van der Waals surface area (Å²) >= 11 is 3.76. The van der Waals surface area contributed by atoms with Gasteiger partial charge in [0.05, 0.1) is 11.4 Å². The number of anilines is 3. The molecule has 2 heterocycles. The van der Waals surface area contributed by atoms with Crippen molar-refractivity contribution in [2.24, 2.45) is 0 Å². The van der Waals surface area contributed by atoms with Crippen molar-refractivity contribution in [3.8, 4) is 33.4 Å². The van der Waals surface area contributed by atoms with E-state index in [1.165, 1.54) is 85.1 Å². The molecule has 0 fully saturated rings. The van der Waals surface area contributed by atoms with Gasteiger partial charge in [-0.15, -0.1) is 22.7 Å². The molecule has 10 rings (SSSR count). The number of thiophene rings is 2. The highest BCUT2D eigenvalue weighted by Gasteiger charge is 2.24. The zero-order valence-electron chi connectivity index (χ0n) is 27.7. The second-order valence-corrected chi connectivity index (χ2v) is 15.0. The SMILES string of the molecule is c1ccc(-c2cccc(N(c3cccc4sc5cc(-c6ccccc6)ccc5c34)c3ccc(-c4ccccc4)c4sc5ccccc5c34)c2)cc1. The van der Waals surface area contributed by atoms with E-state index in [4.69, 9.17) is 0 Å². The molecule has 0 saturated heterocycles. The fourth-order valence-corrected chi connectivity index (χ4v) is 9.93. The molecule has 0 unspecified atom stereocenters. The lowest BCUT2D eigenvalue weighted by Crippen LogP contribution is -2.11. The molecule has 0 bridgehead atoms. The number of benzene rings is 8. The fourth-order valence-electron chi connectivity index (χ4n) is 7.51. The maximum absolute atomic E-state index is 2.52. The van der Waals surface area contributed by atoms with Gasteiger partial charge in [0.2, 0.25) is 0 Å². The van der Waals surface area contributed by atoms with Gasteiger partial charge in [0.1, 0.15) is 0 Å². The number of fused-ring (bicyclic) bond motifs is 6. The van der Waals surface area contributed by atoms with Crippen molar-refractivity contribution in [1.82, 2.24) is 0 Å². The zero-order valence-corrected chi connectivity index (χ0v) is 29.3. The van der Waals surface area contributed by atoms with Crippen LogP contribution in [0.3, 0.4) is 0 Å². The molecule has 3 heteroatoms. The van der Waals surface area contributed by atoms with Crippen LogP contribution in [0.15, 0.2) is 188 Å². The molecule has 0 aliphatic carbocycles. The third-order valence-electron chi connectivity index (χ3n) is 9.86. The van der Waals surface area contributed by atoms with Crippen molar-refractivity contribution in [1.29, 1.82) is 0 Å². The molecule has 0 aliphatic heterocycles. The summed E-state index contributed by atoms with van der Waals surface area (Å²) in [6.07, 6.45) is 0. The smallest absolute Gasteiger partial charge is 0.0555 e. The molecule has 0 N–H and O–H groups in total. The summed E-state index contributed by atoms with van der Waals surface area (Å²) in [6.45, 7) is 0. The van der Waals surface area contributed by atoms with Crippen molar-refractivity contribution in [3.05, 3.63) is 188 Å². The second-order valence-electron chi connectivity index (χ2n) is 12.9. The maximum atomic E-state index is 2.52. The van der Waals surface area contributed by atoms with Crippen molar-refractivity contribution >= 4 is 80.1 Å². The average molecular weight is 686 g/mol. The number of rotatable bonds is 6. The van der Waals surface area contributed by atoms with E-state index in [0.29, 0.717) is 0 Å². The number of hydrogen-bond donors (Lipinski definition) is 0. The summed E-state index contributed by atoms with van der Waals surface area (Å²) < 4.78 is 5.17. The minimum Gasteiger partial charge on any atom is -0.309 e. The Bertz CT molecular complexity index is 2850. The predicted molar refractivity (Wildman–Crippen MR) is 223 cm³/mol. The van der Waals surface area contributed by atoms with Gasteiger partial charge in [-0.2, -0.15) is 0 Å². The number of hydrogen-bond acceptors (Lipinski definition) is 3. The third kappa shape index (κ3) is 5.13. The number of nitrogens with zero attached hydrogens (tertiary/aromatic N) is 1. The Hall–Kier alpha value is -6.00. The first kappa shape index (κ1) is 29.9. The van der Waals surface area contributed by atoms with E-state index in [9.17, 15) is 0 Å². The zero-order chi connectivity index (χ0) is 33.7. The molecule has 51 heavy (non-hydrogen) atoms. The first-order valence-electron chi connectivity index (χ1n) is 17.3. The molecule has 0 amide bonds. The molecule has 0 spiro atoms. The van der Waals surface area contributed by atoms with Gasteiger partial charge in [-0.3, -0.25) is 0 Å². The molecular formula is C48H31NS2. The van der Waals surface area contributed by atoms with E-state index < -0.39 is 0 Å². The fraction of sp³-hybridized carbons (Fsp3) is 0. The van der Waals surface area contributed by atoms with Crippen LogP contribution >= 0.6 is 22.7 Å². The minimum atomic E-state index is 1.13. The topological polar surface area (TPSA) is 3.24 Å². The lowest BCUT2D eigenvalue weighted by molar-refractivity contribution is 1.32. The molecule has 0 atom stereocenters. The van der Waals surface area contributed by atoms with Crippen LogP contribution in [0.5, 0.6) is 0 Å². The average Bonchev–Trinajstić information content (AvgIpc) is 3.78. The molecule has 2 aromatic heterocycles. The van der Waals surface area contributed by atoms with Crippen molar-refractivity contribution in [3.63, 3.8) is 0 Å². The molecule has 1 nitrogen and oxygen atoms in total. The highest BCUT2D eigenvalue weighted by Crippen LogP contribution is 2.51. The van der Waals surface area contributed by atoms with E-state index in [1.807, 2.05) is 22.7 Å². The lowest BCUT2D eigenvalue weighted by atomic mass is 9.99. The Kier molecular flexibility index (Phi) is 7.26. The normalized spacial score (nSPS) is 11.5. The van der Waals surface area contributed by atoms with E-state index in [-0.39, 0.29) is 0 Å². The van der Waals surface area contributed by atoms with Gasteiger partial charge in [-0.1, -0.05) is 146 Å². The van der Waals surface area contributed by atoms with Crippen LogP contribution in [0.25, 0.3) is 73.7 Å². The summed E-state index contributed by atoms with van der Waals surface area (Å²) in [5.41, 5.74) is 10.9. The maximum Gasteiger partial charge on any atom is 0.0555 e. The van der Waals surface area contributed by atoms with Gasteiger partial charge in [0.15, 0.2) is 0 Å². The Balaban J connectivity index is 1.28. The second kappa shape index (κ2) is 12.4. The van der Waals surface area contributed by atoms with Crippen LogP contribution < -0.4 is 4.90 Å².